The Hall–Kier alpha value is -2.12. The molecule has 2 heterocycles. The maximum atomic E-state index is 13.6. The van der Waals surface area contributed by atoms with Gasteiger partial charge in [0.2, 0.25) is 0 Å². The molecule has 0 atom stereocenters. The Morgan fingerprint density at radius 2 is 1.84 bits per heavy atom. The first kappa shape index (κ1) is 19.2. The van der Waals surface area contributed by atoms with Gasteiger partial charge in [0.15, 0.2) is 5.82 Å². The van der Waals surface area contributed by atoms with Crippen LogP contribution in [0, 0.1) is 11.2 Å². The topological polar surface area (TPSA) is 39.8 Å². The van der Waals surface area contributed by atoms with Crippen LogP contribution in [0.25, 0.3) is 11.3 Å². The second-order valence-corrected chi connectivity index (χ2v) is 6.98. The molecule has 0 saturated heterocycles. The summed E-state index contributed by atoms with van der Waals surface area (Å²) in [5.74, 6) is -1.03. The van der Waals surface area contributed by atoms with Gasteiger partial charge in [0.25, 0.3) is 5.56 Å². The fraction of sp³-hybridized carbons (Fsp3) is 0.529. The number of pyridine rings is 1. The normalized spacial score (nSPS) is 12.6. The third-order valence-corrected chi connectivity index (χ3v) is 4.01. The summed E-state index contributed by atoms with van der Waals surface area (Å²) in [6, 6.07) is 1.80. The average molecular weight is 359 g/mol. The summed E-state index contributed by atoms with van der Waals surface area (Å²) < 4.78 is 55.7. The number of alkyl halides is 3. The minimum atomic E-state index is -4.58. The molecule has 0 N–H and O–H groups in total. The fourth-order valence-electron chi connectivity index (χ4n) is 2.88. The van der Waals surface area contributed by atoms with Gasteiger partial charge in [-0.15, -0.1) is 0 Å². The van der Waals surface area contributed by atoms with Gasteiger partial charge in [-0.1, -0.05) is 27.2 Å². The van der Waals surface area contributed by atoms with E-state index in [1.54, 1.807) is 0 Å². The molecule has 0 bridgehead atoms. The summed E-state index contributed by atoms with van der Waals surface area (Å²) in [6.45, 7) is 5.81. The summed E-state index contributed by atoms with van der Waals surface area (Å²) in [7, 11) is 1.33. The van der Waals surface area contributed by atoms with Crippen molar-refractivity contribution >= 4 is 0 Å². The number of rotatable bonds is 5. The number of aromatic nitrogens is 3. The molecule has 0 aliphatic heterocycles. The number of nitrogens with zero attached hydrogens (tertiary/aromatic N) is 3. The van der Waals surface area contributed by atoms with Crippen molar-refractivity contribution in [1.82, 2.24) is 14.3 Å². The molecule has 25 heavy (non-hydrogen) atoms. The standard InChI is InChI=1S/C17H21F4N3O/c1-5-6-16(2,3)10-24-14(17(19,20)21)8-13(22-24)11-7-12(18)15(25)23(4)9-11/h7-9H,5-6,10H2,1-4H3. The Labute approximate surface area is 143 Å². The summed E-state index contributed by atoms with van der Waals surface area (Å²) in [4.78, 5) is 11.4. The minimum Gasteiger partial charge on any atom is -0.315 e. The maximum Gasteiger partial charge on any atom is 0.433 e. The van der Waals surface area contributed by atoms with Crippen molar-refractivity contribution in [3.63, 3.8) is 0 Å². The van der Waals surface area contributed by atoms with Gasteiger partial charge in [-0.05, 0) is 24.0 Å². The molecule has 2 aromatic rings. The maximum absolute atomic E-state index is 13.6. The zero-order valence-electron chi connectivity index (χ0n) is 14.6. The molecule has 4 nitrogen and oxygen atoms in total. The highest BCUT2D eigenvalue weighted by Crippen LogP contribution is 2.34. The zero-order chi connectivity index (χ0) is 19.0. The van der Waals surface area contributed by atoms with Crippen LogP contribution in [-0.2, 0) is 19.8 Å². The molecule has 2 aromatic heterocycles. The van der Waals surface area contributed by atoms with Gasteiger partial charge in [-0.3, -0.25) is 9.48 Å². The van der Waals surface area contributed by atoms with Crippen molar-refractivity contribution in [2.24, 2.45) is 12.5 Å². The quantitative estimate of drug-likeness (QED) is 0.750. The zero-order valence-corrected chi connectivity index (χ0v) is 14.6. The molecule has 0 fully saturated rings. The summed E-state index contributed by atoms with van der Waals surface area (Å²) in [6.07, 6.45) is -1.72. The molecule has 0 amide bonds. The smallest absolute Gasteiger partial charge is 0.315 e. The van der Waals surface area contributed by atoms with E-state index in [2.05, 4.69) is 5.10 Å². The molecule has 0 spiro atoms. The van der Waals surface area contributed by atoms with Crippen molar-refractivity contribution in [2.75, 3.05) is 0 Å². The molecule has 0 aliphatic carbocycles. The van der Waals surface area contributed by atoms with E-state index in [0.29, 0.717) is 0 Å². The van der Waals surface area contributed by atoms with Gasteiger partial charge in [0.1, 0.15) is 5.69 Å². The molecule has 0 radical (unpaired) electrons. The highest BCUT2D eigenvalue weighted by molar-refractivity contribution is 5.58. The Morgan fingerprint density at radius 1 is 1.20 bits per heavy atom. The molecule has 0 aromatic carbocycles. The van der Waals surface area contributed by atoms with Gasteiger partial charge in [0.05, 0.1) is 5.69 Å². The number of hydrogen-bond acceptors (Lipinski definition) is 2. The van der Waals surface area contributed by atoms with E-state index in [0.717, 1.165) is 34.2 Å². The van der Waals surface area contributed by atoms with Gasteiger partial charge < -0.3 is 4.57 Å². The summed E-state index contributed by atoms with van der Waals surface area (Å²) in [5, 5.41) is 4.04. The second kappa shape index (κ2) is 6.65. The van der Waals surface area contributed by atoms with Crippen LogP contribution in [0.3, 0.4) is 0 Å². The lowest BCUT2D eigenvalue weighted by Gasteiger charge is -2.25. The number of halogens is 4. The van der Waals surface area contributed by atoms with Gasteiger partial charge in [-0.25, -0.2) is 4.39 Å². The molecule has 0 saturated carbocycles. The van der Waals surface area contributed by atoms with E-state index in [-0.39, 0.29) is 23.2 Å². The van der Waals surface area contributed by atoms with Gasteiger partial charge in [0, 0.05) is 25.4 Å². The highest BCUT2D eigenvalue weighted by atomic mass is 19.4. The van der Waals surface area contributed by atoms with Crippen LogP contribution in [0.2, 0.25) is 0 Å². The van der Waals surface area contributed by atoms with Crippen LogP contribution < -0.4 is 5.56 Å². The van der Waals surface area contributed by atoms with E-state index < -0.39 is 23.2 Å². The van der Waals surface area contributed by atoms with Crippen LogP contribution in [0.4, 0.5) is 17.6 Å². The van der Waals surface area contributed by atoms with E-state index in [1.807, 2.05) is 20.8 Å². The van der Waals surface area contributed by atoms with Crippen LogP contribution in [0.15, 0.2) is 23.1 Å². The lowest BCUT2D eigenvalue weighted by Crippen LogP contribution is -2.24. The summed E-state index contributed by atoms with van der Waals surface area (Å²) >= 11 is 0. The highest BCUT2D eigenvalue weighted by Gasteiger charge is 2.37. The van der Waals surface area contributed by atoms with Gasteiger partial charge in [-0.2, -0.15) is 18.3 Å². The molecular weight excluding hydrogens is 338 g/mol. The first-order valence-corrected chi connectivity index (χ1v) is 7.96. The van der Waals surface area contributed by atoms with E-state index in [4.69, 9.17) is 0 Å². The average Bonchev–Trinajstić information content (AvgIpc) is 2.87. The van der Waals surface area contributed by atoms with Crippen molar-refractivity contribution in [1.29, 1.82) is 0 Å². The molecular formula is C17H21F4N3O. The Kier molecular flexibility index (Phi) is 5.11. The second-order valence-electron chi connectivity index (χ2n) is 6.98. The summed E-state index contributed by atoms with van der Waals surface area (Å²) in [5.41, 5.74) is -2.00. The number of aryl methyl sites for hydroxylation is 1. The molecule has 8 heteroatoms. The predicted octanol–water partition coefficient (Wildman–Crippen LogP) is 4.23. The van der Waals surface area contributed by atoms with Crippen LogP contribution in [0.5, 0.6) is 0 Å². The monoisotopic (exact) mass is 359 g/mol. The van der Waals surface area contributed by atoms with Crippen LogP contribution >= 0.6 is 0 Å². The minimum absolute atomic E-state index is 0.0193. The fourth-order valence-corrected chi connectivity index (χ4v) is 2.88. The third kappa shape index (κ3) is 4.29. The van der Waals surface area contributed by atoms with Crippen molar-refractivity contribution in [3.05, 3.63) is 40.2 Å². The molecule has 2 rings (SSSR count). The molecule has 138 valence electrons. The van der Waals surface area contributed by atoms with E-state index >= 15 is 0 Å². The van der Waals surface area contributed by atoms with Gasteiger partial charge >= 0.3 is 6.18 Å². The lowest BCUT2D eigenvalue weighted by molar-refractivity contribution is -0.144. The van der Waals surface area contributed by atoms with Crippen LogP contribution in [-0.4, -0.2) is 14.3 Å². The Bertz CT molecular complexity index is 792. The van der Waals surface area contributed by atoms with Crippen LogP contribution in [0.1, 0.15) is 39.3 Å². The van der Waals surface area contributed by atoms with E-state index in [1.165, 1.54) is 13.2 Å². The van der Waals surface area contributed by atoms with Crippen molar-refractivity contribution in [2.45, 2.75) is 46.3 Å². The first-order chi connectivity index (χ1) is 11.4. The SMILES string of the molecule is CCCC(C)(C)Cn1nc(-c2cc(F)c(=O)n(C)c2)cc1C(F)(F)F. The molecule has 0 unspecified atom stereocenters. The van der Waals surface area contributed by atoms with Crippen molar-refractivity contribution < 1.29 is 17.6 Å². The number of hydrogen-bond donors (Lipinski definition) is 0. The Balaban J connectivity index is 2.54. The lowest BCUT2D eigenvalue weighted by atomic mass is 9.88. The Morgan fingerprint density at radius 3 is 2.36 bits per heavy atom. The van der Waals surface area contributed by atoms with E-state index in [9.17, 15) is 22.4 Å². The first-order valence-electron chi connectivity index (χ1n) is 7.96. The third-order valence-electron chi connectivity index (χ3n) is 4.01. The van der Waals surface area contributed by atoms with Crippen molar-refractivity contribution in [3.8, 4) is 11.3 Å². The predicted molar refractivity (Wildman–Crippen MR) is 86.6 cm³/mol. The largest absolute Gasteiger partial charge is 0.433 e. The molecule has 0 aliphatic rings.